The molecule has 0 spiro atoms. The van der Waals surface area contributed by atoms with Gasteiger partial charge in [-0.2, -0.15) is 0 Å². The lowest BCUT2D eigenvalue weighted by atomic mass is 10.1. The first kappa shape index (κ1) is 12.9. The number of nitrogens with zero attached hydrogens (tertiary/aromatic N) is 2. The van der Waals surface area contributed by atoms with Crippen LogP contribution < -0.4 is 10.3 Å². The van der Waals surface area contributed by atoms with E-state index < -0.39 is 0 Å². The van der Waals surface area contributed by atoms with Gasteiger partial charge in [0.15, 0.2) is 0 Å². The molecule has 0 radical (unpaired) electrons. The van der Waals surface area contributed by atoms with Crippen molar-refractivity contribution in [2.45, 2.75) is 13.0 Å². The number of methoxy groups -OCH3 is 1. The molecule has 3 aromatic rings. The zero-order valence-corrected chi connectivity index (χ0v) is 11.9. The number of hydrogen-bond acceptors (Lipinski definition) is 4. The molecule has 0 amide bonds. The van der Waals surface area contributed by atoms with Gasteiger partial charge in [0.05, 0.1) is 19.0 Å². The first-order valence-corrected chi connectivity index (χ1v) is 7.21. The fourth-order valence-corrected chi connectivity index (χ4v) is 2.87. The molecule has 20 heavy (non-hydrogen) atoms. The summed E-state index contributed by atoms with van der Waals surface area (Å²) in [5, 5.41) is 1.90. The maximum atomic E-state index is 12.2. The highest BCUT2D eigenvalue weighted by Crippen LogP contribution is 2.14. The molecule has 0 unspecified atom stereocenters. The Bertz CT molecular complexity index is 774. The van der Waals surface area contributed by atoms with E-state index in [2.05, 4.69) is 4.98 Å². The number of ether oxygens (including phenoxy) is 1. The van der Waals surface area contributed by atoms with E-state index in [0.717, 1.165) is 22.4 Å². The van der Waals surface area contributed by atoms with Gasteiger partial charge in [0.2, 0.25) is 0 Å². The molecule has 0 aliphatic heterocycles. The summed E-state index contributed by atoms with van der Waals surface area (Å²) in [5.41, 5.74) is 1.99. The third-order valence-electron chi connectivity index (χ3n) is 3.24. The van der Waals surface area contributed by atoms with Gasteiger partial charge in [-0.3, -0.25) is 9.36 Å². The van der Waals surface area contributed by atoms with Crippen molar-refractivity contribution in [2.24, 2.45) is 0 Å². The summed E-state index contributed by atoms with van der Waals surface area (Å²) in [6.07, 6.45) is 2.42. The fourth-order valence-electron chi connectivity index (χ4n) is 2.08. The average molecular weight is 286 g/mol. The van der Waals surface area contributed by atoms with Crippen LogP contribution in [0.4, 0.5) is 0 Å². The molecule has 2 aromatic heterocycles. The molecule has 0 fully saturated rings. The topological polar surface area (TPSA) is 44.1 Å². The summed E-state index contributed by atoms with van der Waals surface area (Å²) in [4.78, 5) is 16.5. The summed E-state index contributed by atoms with van der Waals surface area (Å²) in [6.45, 7) is 0.631. The molecule has 4 nitrogen and oxygen atoms in total. The van der Waals surface area contributed by atoms with Gasteiger partial charge in [-0.1, -0.05) is 12.1 Å². The maximum absolute atomic E-state index is 12.2. The third kappa shape index (κ3) is 2.44. The van der Waals surface area contributed by atoms with Crippen molar-refractivity contribution in [3.05, 3.63) is 58.0 Å². The quantitative estimate of drug-likeness (QED) is 0.740. The Morgan fingerprint density at radius 2 is 2.05 bits per heavy atom. The molecular weight excluding hydrogens is 272 g/mol. The molecule has 5 heteroatoms. The molecule has 0 bridgehead atoms. The van der Waals surface area contributed by atoms with E-state index in [0.29, 0.717) is 6.54 Å². The molecule has 2 heterocycles. The lowest BCUT2D eigenvalue weighted by Crippen LogP contribution is -2.20. The maximum Gasteiger partial charge on any atom is 0.271 e. The normalized spacial score (nSPS) is 10.8. The van der Waals surface area contributed by atoms with Crippen molar-refractivity contribution < 1.29 is 4.74 Å². The van der Waals surface area contributed by atoms with Crippen LogP contribution in [0, 0.1) is 0 Å². The predicted octanol–water partition coefficient (Wildman–Crippen LogP) is 2.71. The number of aromatic nitrogens is 2. The van der Waals surface area contributed by atoms with Gasteiger partial charge in [-0.05, 0) is 35.6 Å². The highest BCUT2D eigenvalue weighted by molar-refractivity contribution is 7.17. The molecule has 0 aliphatic carbocycles. The molecule has 102 valence electrons. The van der Waals surface area contributed by atoms with Crippen LogP contribution >= 0.6 is 11.3 Å². The average Bonchev–Trinajstić information content (AvgIpc) is 2.96. The summed E-state index contributed by atoms with van der Waals surface area (Å²) in [7, 11) is 1.65. The van der Waals surface area contributed by atoms with E-state index in [9.17, 15) is 4.79 Å². The molecule has 1 aromatic carbocycles. The van der Waals surface area contributed by atoms with E-state index in [1.807, 2.05) is 35.7 Å². The van der Waals surface area contributed by atoms with Gasteiger partial charge in [-0.15, -0.1) is 11.3 Å². The highest BCUT2D eigenvalue weighted by Gasteiger charge is 2.05. The number of benzene rings is 1. The lowest BCUT2D eigenvalue weighted by Gasteiger charge is -2.06. The Morgan fingerprint density at radius 3 is 2.80 bits per heavy atom. The monoisotopic (exact) mass is 286 g/mol. The van der Waals surface area contributed by atoms with E-state index in [4.69, 9.17) is 4.74 Å². The summed E-state index contributed by atoms with van der Waals surface area (Å²) in [5.74, 6) is 0.840. The number of hydrogen-bond donors (Lipinski definition) is 0. The van der Waals surface area contributed by atoms with Gasteiger partial charge < -0.3 is 4.74 Å². The van der Waals surface area contributed by atoms with Crippen LogP contribution in [-0.4, -0.2) is 16.7 Å². The van der Waals surface area contributed by atoms with Crippen LogP contribution in [0.15, 0.2) is 46.8 Å². The van der Waals surface area contributed by atoms with Crippen LogP contribution in [0.2, 0.25) is 0 Å². The number of thiophene rings is 1. The smallest absolute Gasteiger partial charge is 0.271 e. The van der Waals surface area contributed by atoms with Gasteiger partial charge >= 0.3 is 0 Å². The van der Waals surface area contributed by atoms with E-state index in [1.165, 1.54) is 16.9 Å². The van der Waals surface area contributed by atoms with Gasteiger partial charge in [0.1, 0.15) is 10.4 Å². The zero-order valence-electron chi connectivity index (χ0n) is 11.1. The summed E-state index contributed by atoms with van der Waals surface area (Å²) >= 11 is 1.44. The Labute approximate surface area is 120 Å². The second-order valence-corrected chi connectivity index (χ2v) is 5.39. The SMILES string of the molecule is COc1ccc(CCn2cnc3ccsc3c2=O)cc1. The molecule has 0 N–H and O–H groups in total. The van der Waals surface area contributed by atoms with Gasteiger partial charge in [-0.25, -0.2) is 4.98 Å². The molecule has 0 saturated heterocycles. The van der Waals surface area contributed by atoms with Gasteiger partial charge in [0.25, 0.3) is 5.56 Å². The van der Waals surface area contributed by atoms with Crippen LogP contribution in [0.3, 0.4) is 0 Å². The van der Waals surface area contributed by atoms with Crippen LogP contribution in [0.1, 0.15) is 5.56 Å². The standard InChI is InChI=1S/C15H14N2O2S/c1-19-12-4-2-11(3-5-12)6-8-17-10-16-13-7-9-20-14(13)15(17)18/h2-5,7,9-10H,6,8H2,1H3. The number of aryl methyl sites for hydroxylation is 2. The predicted molar refractivity (Wildman–Crippen MR) is 80.6 cm³/mol. The first-order valence-electron chi connectivity index (χ1n) is 6.33. The second kappa shape index (κ2) is 5.46. The van der Waals surface area contributed by atoms with Crippen LogP contribution in [0.25, 0.3) is 10.2 Å². The lowest BCUT2D eigenvalue weighted by molar-refractivity contribution is 0.414. The van der Waals surface area contributed by atoms with Gasteiger partial charge in [0, 0.05) is 6.54 Å². The largest absolute Gasteiger partial charge is 0.497 e. The number of rotatable bonds is 4. The molecule has 0 atom stereocenters. The van der Waals surface area contributed by atoms with E-state index in [-0.39, 0.29) is 5.56 Å². The Hall–Kier alpha value is -2.14. The van der Waals surface area contributed by atoms with E-state index >= 15 is 0 Å². The van der Waals surface area contributed by atoms with Crippen molar-refractivity contribution >= 4 is 21.6 Å². The molecule has 0 saturated carbocycles. The molecule has 3 rings (SSSR count). The van der Waals surface area contributed by atoms with E-state index in [1.54, 1.807) is 18.0 Å². The summed E-state index contributed by atoms with van der Waals surface area (Å²) in [6, 6.07) is 9.76. The highest BCUT2D eigenvalue weighted by atomic mass is 32.1. The second-order valence-electron chi connectivity index (χ2n) is 4.48. The van der Waals surface area contributed by atoms with Crippen molar-refractivity contribution in [1.29, 1.82) is 0 Å². The Kier molecular flexibility index (Phi) is 3.52. The Morgan fingerprint density at radius 1 is 1.25 bits per heavy atom. The first-order chi connectivity index (χ1) is 9.78. The number of fused-ring (bicyclic) bond motifs is 1. The zero-order chi connectivity index (χ0) is 13.9. The molecule has 0 aliphatic rings. The minimum absolute atomic E-state index is 0.0403. The molecular formula is C15H14N2O2S. The minimum atomic E-state index is 0.0403. The van der Waals surface area contributed by atoms with Crippen LogP contribution in [-0.2, 0) is 13.0 Å². The van der Waals surface area contributed by atoms with Crippen molar-refractivity contribution in [2.75, 3.05) is 7.11 Å². The van der Waals surface area contributed by atoms with Crippen molar-refractivity contribution in [1.82, 2.24) is 9.55 Å². The van der Waals surface area contributed by atoms with Crippen molar-refractivity contribution in [3.63, 3.8) is 0 Å². The van der Waals surface area contributed by atoms with Crippen LogP contribution in [0.5, 0.6) is 5.75 Å². The minimum Gasteiger partial charge on any atom is -0.497 e. The Balaban J connectivity index is 1.79. The third-order valence-corrected chi connectivity index (χ3v) is 4.13. The van der Waals surface area contributed by atoms with Crippen molar-refractivity contribution in [3.8, 4) is 5.75 Å². The fraction of sp³-hybridized carbons (Fsp3) is 0.200. The summed E-state index contributed by atoms with van der Waals surface area (Å²) < 4.78 is 7.52.